The molecule has 1 atom stereocenters. The summed E-state index contributed by atoms with van der Waals surface area (Å²) in [5, 5.41) is 2.42. The second-order valence-corrected chi connectivity index (χ2v) is 10.7. The average molecular weight is 598 g/mol. The molecular weight excluding hydrogens is 576 g/mol. The molecule has 1 aliphatic heterocycles. The Morgan fingerprint density at radius 3 is 2.52 bits per heavy atom. The first-order valence-electron chi connectivity index (χ1n) is 9.63. The molecule has 0 amide bonds. The molecule has 0 spiro atoms. The second-order valence-electron chi connectivity index (χ2n) is 7.67. The van der Waals surface area contributed by atoms with E-state index < -0.39 is 50.7 Å². The zero-order chi connectivity index (χ0) is 24.6. The van der Waals surface area contributed by atoms with Crippen LogP contribution in [-0.4, -0.2) is 34.0 Å². The fourth-order valence-corrected chi connectivity index (χ4v) is 4.62. The summed E-state index contributed by atoms with van der Waals surface area (Å²) >= 11 is 1.89. The van der Waals surface area contributed by atoms with Crippen molar-refractivity contribution in [3.63, 3.8) is 0 Å². The quantitative estimate of drug-likeness (QED) is 0.404. The van der Waals surface area contributed by atoms with Crippen LogP contribution in [0.25, 0.3) is 0 Å². The van der Waals surface area contributed by atoms with Gasteiger partial charge < -0.3 is 19.5 Å². The average Bonchev–Trinajstić information content (AvgIpc) is 3.06. The summed E-state index contributed by atoms with van der Waals surface area (Å²) < 4.78 is 88.0. The summed E-state index contributed by atoms with van der Waals surface area (Å²) in [7, 11) is -3.16. The molecule has 3 rings (SSSR count). The number of sulfonamides is 1. The standard InChI is InChI=1S/C21H22F3IN2O5S/c1-11(7-13-10-31-21(2,3)32-13)33(28,29)27-19-17(30-4)9-15(23)18(24)20(19)26-16-6-5-12(25)8-14(16)22/h5-6,8-9,13,26-27H,1,7,10H2,2-4H3. The van der Waals surface area contributed by atoms with Gasteiger partial charge in [0.25, 0.3) is 10.0 Å². The predicted octanol–water partition coefficient (Wildman–Crippen LogP) is 5.26. The predicted molar refractivity (Wildman–Crippen MR) is 127 cm³/mol. The summed E-state index contributed by atoms with van der Waals surface area (Å²) in [6.45, 7) is 7.13. The van der Waals surface area contributed by atoms with Crippen molar-refractivity contribution in [1.29, 1.82) is 0 Å². The summed E-state index contributed by atoms with van der Waals surface area (Å²) in [6, 6.07) is 4.71. The minimum absolute atomic E-state index is 0.0979. The van der Waals surface area contributed by atoms with E-state index in [0.717, 1.165) is 7.11 Å². The van der Waals surface area contributed by atoms with Gasteiger partial charge >= 0.3 is 0 Å². The molecule has 2 aromatic carbocycles. The van der Waals surface area contributed by atoms with Gasteiger partial charge in [-0.3, -0.25) is 4.72 Å². The van der Waals surface area contributed by atoms with Crippen LogP contribution >= 0.6 is 22.6 Å². The van der Waals surface area contributed by atoms with Crippen LogP contribution in [0.2, 0.25) is 0 Å². The van der Waals surface area contributed by atoms with Crippen LogP contribution in [-0.2, 0) is 19.5 Å². The van der Waals surface area contributed by atoms with Crippen LogP contribution in [0.1, 0.15) is 20.3 Å². The van der Waals surface area contributed by atoms with Crippen molar-refractivity contribution in [2.24, 2.45) is 0 Å². The lowest BCUT2D eigenvalue weighted by molar-refractivity contribution is -0.137. The number of hydrogen-bond acceptors (Lipinski definition) is 6. The van der Waals surface area contributed by atoms with Crippen molar-refractivity contribution >= 4 is 49.7 Å². The lowest BCUT2D eigenvalue weighted by atomic mass is 10.2. The Balaban J connectivity index is 1.95. The highest BCUT2D eigenvalue weighted by Crippen LogP contribution is 2.40. The number of halogens is 4. The number of methoxy groups -OCH3 is 1. The minimum atomic E-state index is -4.32. The van der Waals surface area contributed by atoms with Crippen LogP contribution < -0.4 is 14.8 Å². The number of hydrogen-bond donors (Lipinski definition) is 2. The fraction of sp³-hybridized carbons (Fsp3) is 0.333. The Morgan fingerprint density at radius 2 is 1.94 bits per heavy atom. The Morgan fingerprint density at radius 1 is 1.24 bits per heavy atom. The van der Waals surface area contributed by atoms with Crippen molar-refractivity contribution < 1.29 is 35.8 Å². The van der Waals surface area contributed by atoms with Gasteiger partial charge in [-0.25, -0.2) is 21.6 Å². The van der Waals surface area contributed by atoms with E-state index in [9.17, 15) is 21.6 Å². The maximum atomic E-state index is 14.8. The van der Waals surface area contributed by atoms with Gasteiger partial charge in [-0.1, -0.05) is 6.58 Å². The van der Waals surface area contributed by atoms with Crippen LogP contribution in [0.3, 0.4) is 0 Å². The Labute approximate surface area is 203 Å². The lowest BCUT2D eigenvalue weighted by Gasteiger charge is -2.20. The van der Waals surface area contributed by atoms with E-state index in [0.29, 0.717) is 9.64 Å². The maximum Gasteiger partial charge on any atom is 0.257 e. The van der Waals surface area contributed by atoms with E-state index in [1.54, 1.807) is 13.8 Å². The monoisotopic (exact) mass is 598 g/mol. The fourth-order valence-electron chi connectivity index (χ4n) is 3.14. The van der Waals surface area contributed by atoms with Gasteiger partial charge in [-0.2, -0.15) is 0 Å². The molecule has 1 fully saturated rings. The van der Waals surface area contributed by atoms with E-state index >= 15 is 0 Å². The van der Waals surface area contributed by atoms with Gasteiger partial charge in [-0.05, 0) is 54.6 Å². The number of rotatable bonds is 8. The molecular formula is C21H22F3IN2O5S. The highest BCUT2D eigenvalue weighted by atomic mass is 127. The third-order valence-corrected chi connectivity index (χ3v) is 6.80. The molecule has 180 valence electrons. The topological polar surface area (TPSA) is 85.9 Å². The Kier molecular flexibility index (Phi) is 7.51. The molecule has 1 saturated heterocycles. The Bertz CT molecular complexity index is 1190. The van der Waals surface area contributed by atoms with Crippen LogP contribution in [0.5, 0.6) is 5.75 Å². The van der Waals surface area contributed by atoms with Gasteiger partial charge in [0.2, 0.25) is 0 Å². The summed E-state index contributed by atoms with van der Waals surface area (Å²) in [6.07, 6.45) is -0.659. The van der Waals surface area contributed by atoms with Crippen molar-refractivity contribution in [3.8, 4) is 5.75 Å². The van der Waals surface area contributed by atoms with E-state index in [1.807, 2.05) is 22.6 Å². The molecule has 2 aromatic rings. The molecule has 12 heteroatoms. The number of benzene rings is 2. The van der Waals surface area contributed by atoms with E-state index in [-0.39, 0.29) is 29.4 Å². The summed E-state index contributed by atoms with van der Waals surface area (Å²) in [5.74, 6) is -4.67. The molecule has 0 saturated carbocycles. The summed E-state index contributed by atoms with van der Waals surface area (Å²) in [5.41, 5.74) is -1.29. The van der Waals surface area contributed by atoms with Crippen LogP contribution in [0, 0.1) is 21.0 Å². The molecule has 0 aliphatic carbocycles. The molecule has 0 bridgehead atoms. The van der Waals surface area contributed by atoms with Crippen molar-refractivity contribution in [3.05, 3.63) is 56.8 Å². The molecule has 7 nitrogen and oxygen atoms in total. The molecule has 33 heavy (non-hydrogen) atoms. The maximum absolute atomic E-state index is 14.8. The molecule has 0 radical (unpaired) electrons. The largest absolute Gasteiger partial charge is 0.494 e. The number of anilines is 3. The minimum Gasteiger partial charge on any atom is -0.494 e. The SMILES string of the molecule is C=C(CC1COC(C)(C)O1)S(=O)(=O)Nc1c(OC)cc(F)c(F)c1Nc1ccc(I)cc1F. The van der Waals surface area contributed by atoms with E-state index in [4.69, 9.17) is 14.2 Å². The first kappa shape index (κ1) is 25.6. The third kappa shape index (κ3) is 5.91. The third-order valence-electron chi connectivity index (χ3n) is 4.73. The van der Waals surface area contributed by atoms with Gasteiger partial charge in [-0.15, -0.1) is 0 Å². The van der Waals surface area contributed by atoms with Gasteiger partial charge in [0.1, 0.15) is 22.9 Å². The van der Waals surface area contributed by atoms with Gasteiger partial charge in [0.05, 0.1) is 30.4 Å². The van der Waals surface area contributed by atoms with E-state index in [2.05, 4.69) is 16.6 Å². The molecule has 0 aromatic heterocycles. The zero-order valence-corrected chi connectivity index (χ0v) is 20.9. The smallest absolute Gasteiger partial charge is 0.257 e. The van der Waals surface area contributed by atoms with Gasteiger partial charge in [0, 0.05) is 16.1 Å². The number of ether oxygens (including phenoxy) is 3. The second kappa shape index (κ2) is 9.68. The van der Waals surface area contributed by atoms with E-state index in [1.165, 1.54) is 18.2 Å². The molecule has 2 N–H and O–H groups in total. The molecule has 1 heterocycles. The lowest BCUT2D eigenvalue weighted by Crippen LogP contribution is -2.24. The first-order chi connectivity index (χ1) is 15.3. The molecule has 1 unspecified atom stereocenters. The van der Waals surface area contributed by atoms with Crippen molar-refractivity contribution in [2.75, 3.05) is 23.8 Å². The normalized spacial score (nSPS) is 17.6. The van der Waals surface area contributed by atoms with Crippen LogP contribution in [0.4, 0.5) is 30.2 Å². The zero-order valence-electron chi connectivity index (χ0n) is 18.0. The first-order valence-corrected chi connectivity index (χ1v) is 12.2. The number of nitrogens with one attached hydrogen (secondary N) is 2. The molecule has 1 aliphatic rings. The van der Waals surface area contributed by atoms with Gasteiger partial charge in [0.15, 0.2) is 17.4 Å². The summed E-state index contributed by atoms with van der Waals surface area (Å²) in [4.78, 5) is -0.271. The van der Waals surface area contributed by atoms with Crippen LogP contribution in [0.15, 0.2) is 35.7 Å². The Hall–Kier alpha value is -2.03. The van der Waals surface area contributed by atoms with Crippen molar-refractivity contribution in [1.82, 2.24) is 0 Å². The highest BCUT2D eigenvalue weighted by molar-refractivity contribution is 14.1. The van der Waals surface area contributed by atoms with Crippen molar-refractivity contribution in [2.45, 2.75) is 32.2 Å². The highest BCUT2D eigenvalue weighted by Gasteiger charge is 2.35.